The van der Waals surface area contributed by atoms with E-state index in [1.54, 1.807) is 13.0 Å². The first-order chi connectivity index (χ1) is 14.0. The van der Waals surface area contributed by atoms with Gasteiger partial charge in [-0.3, -0.25) is 4.79 Å². The fourth-order valence-corrected chi connectivity index (χ4v) is 4.30. The quantitative estimate of drug-likeness (QED) is 0.448. The van der Waals surface area contributed by atoms with Gasteiger partial charge in [0, 0.05) is 10.9 Å². The van der Waals surface area contributed by atoms with Gasteiger partial charge in [0.25, 0.3) is 5.91 Å². The molecule has 29 heavy (non-hydrogen) atoms. The molecule has 0 spiro atoms. The SMILES string of the molecule is CCOC(=O)c1c(-c2ccccc2)csc1NC(=O)COc1ccc(C)cc1Br. The van der Waals surface area contributed by atoms with E-state index in [1.165, 1.54) is 11.3 Å². The summed E-state index contributed by atoms with van der Waals surface area (Å²) in [5.74, 6) is -0.248. The number of rotatable bonds is 7. The third kappa shape index (κ3) is 5.25. The second-order valence-electron chi connectivity index (χ2n) is 6.21. The lowest BCUT2D eigenvalue weighted by atomic mass is 10.0. The van der Waals surface area contributed by atoms with Crippen molar-refractivity contribution in [2.45, 2.75) is 13.8 Å². The molecular weight excluding hydrogens is 454 g/mol. The highest BCUT2D eigenvalue weighted by Gasteiger charge is 2.22. The minimum Gasteiger partial charge on any atom is -0.483 e. The van der Waals surface area contributed by atoms with E-state index in [4.69, 9.17) is 9.47 Å². The van der Waals surface area contributed by atoms with Crippen molar-refractivity contribution in [1.29, 1.82) is 0 Å². The topological polar surface area (TPSA) is 64.6 Å². The molecule has 0 aliphatic rings. The zero-order chi connectivity index (χ0) is 20.8. The maximum absolute atomic E-state index is 12.6. The van der Waals surface area contributed by atoms with Crippen molar-refractivity contribution in [1.82, 2.24) is 0 Å². The summed E-state index contributed by atoms with van der Waals surface area (Å²) >= 11 is 4.71. The molecule has 0 fully saturated rings. The number of thiophene rings is 1. The van der Waals surface area contributed by atoms with Gasteiger partial charge in [0.2, 0.25) is 0 Å². The van der Waals surface area contributed by atoms with E-state index in [1.807, 2.05) is 54.8 Å². The highest BCUT2D eigenvalue weighted by Crippen LogP contribution is 2.36. The average molecular weight is 474 g/mol. The molecule has 7 heteroatoms. The number of aryl methyl sites for hydroxylation is 1. The molecule has 0 atom stereocenters. The fourth-order valence-electron chi connectivity index (χ4n) is 2.71. The summed E-state index contributed by atoms with van der Waals surface area (Å²) in [6, 6.07) is 15.1. The Bertz CT molecular complexity index is 1020. The maximum Gasteiger partial charge on any atom is 0.341 e. The van der Waals surface area contributed by atoms with Crippen LogP contribution in [0.3, 0.4) is 0 Å². The highest BCUT2D eigenvalue weighted by molar-refractivity contribution is 9.10. The summed E-state index contributed by atoms with van der Waals surface area (Å²) in [5.41, 5.74) is 3.05. The van der Waals surface area contributed by atoms with Crippen LogP contribution in [-0.4, -0.2) is 25.1 Å². The first kappa shape index (κ1) is 21.1. The zero-order valence-corrected chi connectivity index (χ0v) is 18.4. The van der Waals surface area contributed by atoms with Crippen LogP contribution in [0.1, 0.15) is 22.8 Å². The van der Waals surface area contributed by atoms with Gasteiger partial charge in [0.15, 0.2) is 6.61 Å². The number of benzene rings is 2. The normalized spacial score (nSPS) is 10.4. The Labute approximate surface area is 181 Å². The van der Waals surface area contributed by atoms with Gasteiger partial charge < -0.3 is 14.8 Å². The van der Waals surface area contributed by atoms with Crippen molar-refractivity contribution in [3.05, 3.63) is 69.5 Å². The molecule has 2 aromatic carbocycles. The molecule has 0 saturated carbocycles. The molecule has 1 aromatic heterocycles. The predicted octanol–water partition coefficient (Wildman–Crippen LogP) is 5.68. The lowest BCUT2D eigenvalue weighted by molar-refractivity contribution is -0.118. The average Bonchev–Trinajstić information content (AvgIpc) is 3.11. The molecule has 150 valence electrons. The Kier molecular flexibility index (Phi) is 7.06. The van der Waals surface area contributed by atoms with Gasteiger partial charge in [-0.25, -0.2) is 4.79 Å². The van der Waals surface area contributed by atoms with Crippen LogP contribution in [0.2, 0.25) is 0 Å². The molecule has 0 aliphatic carbocycles. The number of carbonyl (C=O) groups excluding carboxylic acids is 2. The van der Waals surface area contributed by atoms with Gasteiger partial charge in [-0.15, -0.1) is 11.3 Å². The Hall–Kier alpha value is -2.64. The third-order valence-corrected chi connectivity index (χ3v) is 5.57. The Morgan fingerprint density at radius 1 is 1.14 bits per heavy atom. The van der Waals surface area contributed by atoms with Crippen LogP contribution >= 0.6 is 27.3 Å². The smallest absolute Gasteiger partial charge is 0.341 e. The van der Waals surface area contributed by atoms with E-state index in [2.05, 4.69) is 21.2 Å². The molecule has 3 rings (SSSR count). The fraction of sp³-hybridized carbons (Fsp3) is 0.182. The molecule has 0 saturated heterocycles. The number of esters is 1. The van der Waals surface area contributed by atoms with Crippen LogP contribution in [0.4, 0.5) is 5.00 Å². The molecule has 1 N–H and O–H groups in total. The summed E-state index contributed by atoms with van der Waals surface area (Å²) in [4.78, 5) is 25.0. The summed E-state index contributed by atoms with van der Waals surface area (Å²) in [6.45, 7) is 3.79. The van der Waals surface area contributed by atoms with Crippen molar-refractivity contribution in [3.63, 3.8) is 0 Å². The maximum atomic E-state index is 12.6. The second kappa shape index (κ2) is 9.71. The molecule has 3 aromatic rings. The van der Waals surface area contributed by atoms with Gasteiger partial charge in [-0.2, -0.15) is 0 Å². The van der Waals surface area contributed by atoms with Crippen LogP contribution in [0.25, 0.3) is 11.1 Å². The van der Waals surface area contributed by atoms with E-state index in [0.717, 1.165) is 21.2 Å². The highest BCUT2D eigenvalue weighted by atomic mass is 79.9. The van der Waals surface area contributed by atoms with Crippen LogP contribution < -0.4 is 10.1 Å². The molecule has 1 heterocycles. The van der Waals surface area contributed by atoms with Crippen LogP contribution in [0.15, 0.2) is 58.4 Å². The number of nitrogens with one attached hydrogen (secondary N) is 1. The van der Waals surface area contributed by atoms with Gasteiger partial charge in [0.1, 0.15) is 16.3 Å². The van der Waals surface area contributed by atoms with Crippen molar-refractivity contribution in [2.24, 2.45) is 0 Å². The first-order valence-electron chi connectivity index (χ1n) is 9.02. The van der Waals surface area contributed by atoms with E-state index < -0.39 is 5.97 Å². The van der Waals surface area contributed by atoms with E-state index in [9.17, 15) is 9.59 Å². The Morgan fingerprint density at radius 3 is 2.59 bits per heavy atom. The first-order valence-corrected chi connectivity index (χ1v) is 10.7. The molecule has 0 unspecified atom stereocenters. The van der Waals surface area contributed by atoms with Gasteiger partial charge in [0.05, 0.1) is 11.1 Å². The Morgan fingerprint density at radius 2 is 1.90 bits per heavy atom. The molecule has 1 amide bonds. The van der Waals surface area contributed by atoms with Gasteiger partial charge in [-0.1, -0.05) is 36.4 Å². The summed E-state index contributed by atoms with van der Waals surface area (Å²) in [7, 11) is 0. The number of ether oxygens (including phenoxy) is 2. The molecule has 0 bridgehead atoms. The second-order valence-corrected chi connectivity index (χ2v) is 7.94. The summed E-state index contributed by atoms with van der Waals surface area (Å²) in [5, 5.41) is 5.06. The summed E-state index contributed by atoms with van der Waals surface area (Å²) in [6.07, 6.45) is 0. The monoisotopic (exact) mass is 473 g/mol. The number of anilines is 1. The molecule has 5 nitrogen and oxygen atoms in total. The minimum absolute atomic E-state index is 0.178. The molecule has 0 aliphatic heterocycles. The number of hydrogen-bond donors (Lipinski definition) is 1. The van der Waals surface area contributed by atoms with Crippen molar-refractivity contribution < 1.29 is 19.1 Å². The molecular formula is C22H20BrNO4S. The number of hydrogen-bond acceptors (Lipinski definition) is 5. The number of amides is 1. The van der Waals surface area contributed by atoms with Crippen LogP contribution in [-0.2, 0) is 9.53 Å². The largest absolute Gasteiger partial charge is 0.483 e. The van der Waals surface area contributed by atoms with Crippen molar-refractivity contribution in [3.8, 4) is 16.9 Å². The van der Waals surface area contributed by atoms with Crippen LogP contribution in [0.5, 0.6) is 5.75 Å². The van der Waals surface area contributed by atoms with Crippen molar-refractivity contribution in [2.75, 3.05) is 18.5 Å². The van der Waals surface area contributed by atoms with E-state index in [0.29, 0.717) is 16.3 Å². The summed E-state index contributed by atoms with van der Waals surface area (Å²) < 4.78 is 11.6. The standard InChI is InChI=1S/C22H20BrNO4S/c1-3-27-22(26)20-16(15-7-5-4-6-8-15)13-29-21(20)24-19(25)12-28-18-10-9-14(2)11-17(18)23/h4-11,13H,3,12H2,1-2H3,(H,24,25). The van der Waals surface area contributed by atoms with Crippen LogP contribution in [0, 0.1) is 6.92 Å². The lowest BCUT2D eigenvalue weighted by Gasteiger charge is -2.10. The molecule has 0 radical (unpaired) electrons. The number of carbonyl (C=O) groups is 2. The lowest BCUT2D eigenvalue weighted by Crippen LogP contribution is -2.21. The van der Waals surface area contributed by atoms with Gasteiger partial charge >= 0.3 is 5.97 Å². The van der Waals surface area contributed by atoms with Crippen molar-refractivity contribution >= 4 is 44.1 Å². The minimum atomic E-state index is -0.467. The van der Waals surface area contributed by atoms with Gasteiger partial charge in [-0.05, 0) is 53.0 Å². The van der Waals surface area contributed by atoms with E-state index in [-0.39, 0.29) is 19.1 Å². The zero-order valence-electron chi connectivity index (χ0n) is 16.0. The Balaban J connectivity index is 1.78. The number of halogens is 1. The predicted molar refractivity (Wildman–Crippen MR) is 119 cm³/mol. The van der Waals surface area contributed by atoms with E-state index >= 15 is 0 Å². The third-order valence-electron chi connectivity index (χ3n) is 4.05.